The summed E-state index contributed by atoms with van der Waals surface area (Å²) in [6.07, 6.45) is 5.70. The molecule has 0 amide bonds. The summed E-state index contributed by atoms with van der Waals surface area (Å²) >= 11 is 0. The van der Waals surface area contributed by atoms with Gasteiger partial charge in [-0.2, -0.15) is 0 Å². The van der Waals surface area contributed by atoms with Crippen LogP contribution in [0.15, 0.2) is 30.5 Å². The van der Waals surface area contributed by atoms with Crippen molar-refractivity contribution in [3.8, 4) is 5.75 Å². The summed E-state index contributed by atoms with van der Waals surface area (Å²) in [5.41, 5.74) is 7.44. The van der Waals surface area contributed by atoms with Gasteiger partial charge in [-0.15, -0.1) is 0 Å². The average Bonchev–Trinajstić information content (AvgIpc) is 2.30. The second kappa shape index (κ2) is 4.24. The number of anilines is 1. The molecule has 1 fully saturated rings. The summed E-state index contributed by atoms with van der Waals surface area (Å²) in [6, 6.07) is 7.73. The Bertz CT molecular complexity index is 535. The van der Waals surface area contributed by atoms with Gasteiger partial charge in [-0.1, -0.05) is 6.42 Å². The minimum atomic E-state index is 0.705. The number of nitrogen functional groups attached to an aromatic ring is 1. The second-order valence-electron chi connectivity index (χ2n) is 4.66. The van der Waals surface area contributed by atoms with Gasteiger partial charge in [0.15, 0.2) is 0 Å². The van der Waals surface area contributed by atoms with Crippen molar-refractivity contribution in [3.05, 3.63) is 30.5 Å². The number of ether oxygens (including phenoxy) is 1. The largest absolute Gasteiger partial charge is 0.493 e. The number of hydrogen-bond donors (Lipinski definition) is 1. The number of nitrogens with two attached hydrogens (primary N) is 1. The van der Waals surface area contributed by atoms with Gasteiger partial charge >= 0.3 is 0 Å². The lowest BCUT2D eigenvalue weighted by Gasteiger charge is -2.25. The van der Waals surface area contributed by atoms with Crippen LogP contribution in [-0.2, 0) is 0 Å². The molecule has 0 aliphatic heterocycles. The summed E-state index contributed by atoms with van der Waals surface area (Å²) in [7, 11) is 0. The van der Waals surface area contributed by atoms with Gasteiger partial charge in [-0.25, -0.2) is 0 Å². The summed E-state index contributed by atoms with van der Waals surface area (Å²) in [5, 5.41) is 1.01. The highest BCUT2D eigenvalue weighted by Gasteiger charge is 2.18. The van der Waals surface area contributed by atoms with E-state index in [0.717, 1.165) is 29.2 Å². The first-order valence-corrected chi connectivity index (χ1v) is 6.10. The van der Waals surface area contributed by atoms with Gasteiger partial charge in [0.05, 0.1) is 17.8 Å². The van der Waals surface area contributed by atoms with Crippen molar-refractivity contribution in [2.75, 3.05) is 12.3 Å². The van der Waals surface area contributed by atoms with Crippen LogP contribution in [0.1, 0.15) is 19.3 Å². The molecule has 0 unspecified atom stereocenters. The van der Waals surface area contributed by atoms with E-state index in [9.17, 15) is 0 Å². The van der Waals surface area contributed by atoms with E-state index in [0.29, 0.717) is 5.69 Å². The van der Waals surface area contributed by atoms with Crippen molar-refractivity contribution < 1.29 is 4.74 Å². The van der Waals surface area contributed by atoms with Crippen LogP contribution in [0.2, 0.25) is 0 Å². The molecule has 1 aromatic heterocycles. The van der Waals surface area contributed by atoms with Crippen molar-refractivity contribution in [3.63, 3.8) is 0 Å². The van der Waals surface area contributed by atoms with E-state index in [1.165, 1.54) is 19.3 Å². The van der Waals surface area contributed by atoms with Crippen molar-refractivity contribution in [2.45, 2.75) is 19.3 Å². The molecular weight excluding hydrogens is 212 g/mol. The Labute approximate surface area is 101 Å². The summed E-state index contributed by atoms with van der Waals surface area (Å²) in [6.45, 7) is 0.813. The number of nitrogens with zero attached hydrogens (tertiary/aromatic N) is 1. The van der Waals surface area contributed by atoms with Gasteiger partial charge in [0.25, 0.3) is 0 Å². The average molecular weight is 228 g/mol. The Morgan fingerprint density at radius 3 is 2.94 bits per heavy atom. The third kappa shape index (κ3) is 1.93. The number of fused-ring (bicyclic) bond motifs is 1. The lowest BCUT2D eigenvalue weighted by Crippen LogP contribution is -2.19. The predicted octanol–water partition coefficient (Wildman–Crippen LogP) is 3.00. The SMILES string of the molecule is Nc1ccc(OCC2CCC2)c2cccnc12. The van der Waals surface area contributed by atoms with E-state index < -0.39 is 0 Å². The minimum Gasteiger partial charge on any atom is -0.493 e. The molecule has 0 radical (unpaired) electrons. The standard InChI is InChI=1S/C14H16N2O/c15-12-6-7-13(17-9-10-3-1-4-10)11-5-2-8-16-14(11)12/h2,5-8,10H,1,3-4,9,15H2. The van der Waals surface area contributed by atoms with Gasteiger partial charge in [0.2, 0.25) is 0 Å². The lowest BCUT2D eigenvalue weighted by molar-refractivity contribution is 0.182. The normalized spacial score (nSPS) is 15.8. The first kappa shape index (κ1) is 10.4. The van der Waals surface area contributed by atoms with Crippen LogP contribution in [-0.4, -0.2) is 11.6 Å². The van der Waals surface area contributed by atoms with Gasteiger partial charge in [0.1, 0.15) is 5.75 Å². The fourth-order valence-corrected chi connectivity index (χ4v) is 2.16. The molecule has 1 saturated carbocycles. The fourth-order valence-electron chi connectivity index (χ4n) is 2.16. The molecule has 2 N–H and O–H groups in total. The highest BCUT2D eigenvalue weighted by atomic mass is 16.5. The molecule has 1 aliphatic carbocycles. The molecule has 1 aromatic carbocycles. The minimum absolute atomic E-state index is 0.705. The first-order chi connectivity index (χ1) is 8.34. The van der Waals surface area contributed by atoms with Crippen LogP contribution in [0.3, 0.4) is 0 Å². The lowest BCUT2D eigenvalue weighted by atomic mass is 9.86. The molecule has 2 aromatic rings. The van der Waals surface area contributed by atoms with Crippen molar-refractivity contribution in [2.24, 2.45) is 5.92 Å². The number of pyridine rings is 1. The maximum atomic E-state index is 5.90. The molecule has 3 heteroatoms. The van der Waals surface area contributed by atoms with Gasteiger partial charge in [-0.3, -0.25) is 4.98 Å². The quantitative estimate of drug-likeness (QED) is 0.821. The molecule has 88 valence electrons. The highest BCUT2D eigenvalue weighted by molar-refractivity contribution is 5.93. The second-order valence-corrected chi connectivity index (χ2v) is 4.66. The Morgan fingerprint density at radius 2 is 2.18 bits per heavy atom. The van der Waals surface area contributed by atoms with Gasteiger partial charge in [-0.05, 0) is 43.0 Å². The Balaban J connectivity index is 1.90. The topological polar surface area (TPSA) is 48.1 Å². The molecule has 3 nitrogen and oxygen atoms in total. The molecule has 1 heterocycles. The zero-order chi connectivity index (χ0) is 11.7. The summed E-state index contributed by atoms with van der Waals surface area (Å²) in [4.78, 5) is 4.30. The Kier molecular flexibility index (Phi) is 2.59. The number of aromatic nitrogens is 1. The smallest absolute Gasteiger partial charge is 0.128 e. The predicted molar refractivity (Wildman–Crippen MR) is 69.0 cm³/mol. The van der Waals surface area contributed by atoms with E-state index in [2.05, 4.69) is 4.98 Å². The molecule has 0 bridgehead atoms. The zero-order valence-electron chi connectivity index (χ0n) is 9.73. The fraction of sp³-hybridized carbons (Fsp3) is 0.357. The number of rotatable bonds is 3. The molecule has 0 saturated heterocycles. The summed E-state index contributed by atoms with van der Waals surface area (Å²) in [5.74, 6) is 1.63. The molecule has 17 heavy (non-hydrogen) atoms. The highest BCUT2D eigenvalue weighted by Crippen LogP contribution is 2.31. The van der Waals surface area contributed by atoms with Crippen molar-refractivity contribution in [1.82, 2.24) is 4.98 Å². The maximum Gasteiger partial charge on any atom is 0.128 e. The van der Waals surface area contributed by atoms with Crippen molar-refractivity contribution >= 4 is 16.6 Å². The third-order valence-electron chi connectivity index (χ3n) is 3.46. The van der Waals surface area contributed by atoms with Crippen LogP contribution in [0, 0.1) is 5.92 Å². The Hall–Kier alpha value is -1.77. The number of hydrogen-bond acceptors (Lipinski definition) is 3. The van der Waals surface area contributed by atoms with Crippen LogP contribution in [0.25, 0.3) is 10.9 Å². The van der Waals surface area contributed by atoms with E-state index in [1.54, 1.807) is 6.20 Å². The molecular formula is C14H16N2O. The van der Waals surface area contributed by atoms with Crippen LogP contribution >= 0.6 is 0 Å². The van der Waals surface area contributed by atoms with E-state index >= 15 is 0 Å². The Morgan fingerprint density at radius 1 is 1.29 bits per heavy atom. The van der Waals surface area contributed by atoms with Crippen LogP contribution in [0.4, 0.5) is 5.69 Å². The first-order valence-electron chi connectivity index (χ1n) is 6.10. The molecule has 3 rings (SSSR count). The van der Waals surface area contributed by atoms with Crippen molar-refractivity contribution in [1.29, 1.82) is 0 Å². The maximum absolute atomic E-state index is 5.90. The molecule has 1 aliphatic rings. The zero-order valence-corrected chi connectivity index (χ0v) is 9.73. The van der Waals surface area contributed by atoms with Crippen LogP contribution < -0.4 is 10.5 Å². The van der Waals surface area contributed by atoms with E-state index in [-0.39, 0.29) is 0 Å². The molecule has 0 spiro atoms. The van der Waals surface area contributed by atoms with Crippen LogP contribution in [0.5, 0.6) is 5.75 Å². The summed E-state index contributed by atoms with van der Waals surface area (Å²) < 4.78 is 5.88. The van der Waals surface area contributed by atoms with E-state index in [4.69, 9.17) is 10.5 Å². The van der Waals surface area contributed by atoms with Gasteiger partial charge in [0, 0.05) is 11.6 Å². The van der Waals surface area contributed by atoms with E-state index in [1.807, 2.05) is 24.3 Å². The monoisotopic (exact) mass is 228 g/mol. The molecule has 0 atom stereocenters. The number of benzene rings is 1. The third-order valence-corrected chi connectivity index (χ3v) is 3.46. The van der Waals surface area contributed by atoms with Gasteiger partial charge < -0.3 is 10.5 Å².